The van der Waals surface area contributed by atoms with Crippen LogP contribution in [0, 0.1) is 0 Å². The minimum atomic E-state index is -0.0370. The zero-order chi connectivity index (χ0) is 12.4. The molecule has 1 aromatic rings. The van der Waals surface area contributed by atoms with Crippen molar-refractivity contribution in [3.8, 4) is 5.75 Å². The van der Waals surface area contributed by atoms with Gasteiger partial charge in [-0.3, -0.25) is 4.79 Å². The highest BCUT2D eigenvalue weighted by molar-refractivity contribution is 6.30. The highest BCUT2D eigenvalue weighted by Gasteiger charge is 2.27. The third-order valence-electron chi connectivity index (χ3n) is 3.02. The molecule has 0 spiro atoms. The molecular formula is C12H15ClN2O2. The number of benzene rings is 1. The molecule has 17 heavy (non-hydrogen) atoms. The van der Waals surface area contributed by atoms with E-state index in [1.54, 1.807) is 23.1 Å². The Labute approximate surface area is 106 Å². The summed E-state index contributed by atoms with van der Waals surface area (Å²) < 4.78 is 5.18. The van der Waals surface area contributed by atoms with Crippen molar-refractivity contribution >= 4 is 17.5 Å². The number of halogens is 1. The molecule has 1 aliphatic heterocycles. The maximum Gasteiger partial charge on any atom is 0.257 e. The normalized spacial score (nSPS) is 15.2. The van der Waals surface area contributed by atoms with E-state index in [1.165, 1.54) is 7.11 Å². The molecule has 0 radical (unpaired) electrons. The van der Waals surface area contributed by atoms with Gasteiger partial charge >= 0.3 is 0 Å². The van der Waals surface area contributed by atoms with Gasteiger partial charge in [0.05, 0.1) is 18.7 Å². The SMILES string of the molecule is COc1cc(Cl)ccc1C(=O)N(C)C1CNC1. The number of hydrogen-bond donors (Lipinski definition) is 1. The number of likely N-dealkylation sites (N-methyl/N-ethyl adjacent to an activating group) is 1. The van der Waals surface area contributed by atoms with E-state index in [0.717, 1.165) is 13.1 Å². The third kappa shape index (κ3) is 2.37. The van der Waals surface area contributed by atoms with Gasteiger partial charge in [0.15, 0.2) is 0 Å². The van der Waals surface area contributed by atoms with Crippen molar-refractivity contribution in [1.29, 1.82) is 0 Å². The second-order valence-electron chi connectivity index (χ2n) is 4.07. The highest BCUT2D eigenvalue weighted by Crippen LogP contribution is 2.24. The Kier molecular flexibility index (Phi) is 3.54. The molecule has 92 valence electrons. The smallest absolute Gasteiger partial charge is 0.257 e. The summed E-state index contributed by atoms with van der Waals surface area (Å²) in [6, 6.07) is 5.32. The van der Waals surface area contributed by atoms with E-state index in [4.69, 9.17) is 16.3 Å². The molecule has 1 amide bonds. The maximum atomic E-state index is 12.2. The number of carbonyl (C=O) groups excluding carboxylic acids is 1. The molecule has 1 aliphatic rings. The summed E-state index contributed by atoms with van der Waals surface area (Å²) in [5.41, 5.74) is 0.548. The molecule has 0 aromatic heterocycles. The van der Waals surface area contributed by atoms with Crippen molar-refractivity contribution in [3.05, 3.63) is 28.8 Å². The van der Waals surface area contributed by atoms with Gasteiger partial charge in [0.25, 0.3) is 5.91 Å². The lowest BCUT2D eigenvalue weighted by Gasteiger charge is -2.35. The molecule has 1 fully saturated rings. The number of carbonyl (C=O) groups is 1. The average molecular weight is 255 g/mol. The summed E-state index contributed by atoms with van der Waals surface area (Å²) in [4.78, 5) is 14.0. The second-order valence-corrected chi connectivity index (χ2v) is 4.51. The Morgan fingerprint density at radius 1 is 1.53 bits per heavy atom. The van der Waals surface area contributed by atoms with Gasteiger partial charge in [-0.05, 0) is 18.2 Å². The lowest BCUT2D eigenvalue weighted by molar-refractivity contribution is 0.0678. The standard InChI is InChI=1S/C12H15ClN2O2/c1-15(9-6-14-7-9)12(16)10-4-3-8(13)5-11(10)17-2/h3-5,9,14H,6-7H2,1-2H3. The first-order valence-corrected chi connectivity index (χ1v) is 5.82. The molecule has 0 atom stereocenters. The molecule has 5 heteroatoms. The van der Waals surface area contributed by atoms with Crippen molar-refractivity contribution in [1.82, 2.24) is 10.2 Å². The number of hydrogen-bond acceptors (Lipinski definition) is 3. The van der Waals surface area contributed by atoms with Gasteiger partial charge in [-0.1, -0.05) is 11.6 Å². The fraction of sp³-hybridized carbons (Fsp3) is 0.417. The fourth-order valence-corrected chi connectivity index (χ4v) is 1.91. The Balaban J connectivity index is 2.23. The first-order valence-electron chi connectivity index (χ1n) is 5.45. The van der Waals surface area contributed by atoms with Crippen LogP contribution in [0.2, 0.25) is 5.02 Å². The molecule has 0 saturated carbocycles. The van der Waals surface area contributed by atoms with Crippen molar-refractivity contribution in [2.24, 2.45) is 0 Å². The van der Waals surface area contributed by atoms with Crippen LogP contribution in [0.1, 0.15) is 10.4 Å². The van der Waals surface area contributed by atoms with E-state index in [9.17, 15) is 4.79 Å². The van der Waals surface area contributed by atoms with Crippen LogP contribution in [0.15, 0.2) is 18.2 Å². The first kappa shape index (κ1) is 12.2. The van der Waals surface area contributed by atoms with Crippen molar-refractivity contribution < 1.29 is 9.53 Å². The summed E-state index contributed by atoms with van der Waals surface area (Å²) in [5.74, 6) is 0.478. The van der Waals surface area contributed by atoms with E-state index < -0.39 is 0 Å². The number of nitrogens with one attached hydrogen (secondary N) is 1. The number of nitrogens with zero attached hydrogens (tertiary/aromatic N) is 1. The average Bonchev–Trinajstić information content (AvgIpc) is 2.25. The minimum absolute atomic E-state index is 0.0370. The van der Waals surface area contributed by atoms with Crippen LogP contribution in [-0.2, 0) is 0 Å². The Morgan fingerprint density at radius 3 is 2.76 bits per heavy atom. The lowest BCUT2D eigenvalue weighted by Crippen LogP contribution is -2.57. The van der Waals surface area contributed by atoms with Gasteiger partial charge in [0.2, 0.25) is 0 Å². The van der Waals surface area contributed by atoms with E-state index >= 15 is 0 Å². The summed E-state index contributed by atoms with van der Waals surface area (Å²) in [7, 11) is 3.34. The second kappa shape index (κ2) is 4.94. The molecule has 1 aromatic carbocycles. The molecule has 4 nitrogen and oxygen atoms in total. The van der Waals surface area contributed by atoms with Crippen LogP contribution in [-0.4, -0.2) is 44.1 Å². The van der Waals surface area contributed by atoms with Gasteiger partial charge in [-0.25, -0.2) is 0 Å². The van der Waals surface area contributed by atoms with Gasteiger partial charge in [-0.2, -0.15) is 0 Å². The fourth-order valence-electron chi connectivity index (χ4n) is 1.74. The van der Waals surface area contributed by atoms with Crippen LogP contribution >= 0.6 is 11.6 Å². The number of amides is 1. The van der Waals surface area contributed by atoms with E-state index in [1.807, 2.05) is 7.05 Å². The van der Waals surface area contributed by atoms with Crippen LogP contribution in [0.3, 0.4) is 0 Å². The number of ether oxygens (including phenoxy) is 1. The third-order valence-corrected chi connectivity index (χ3v) is 3.26. The zero-order valence-corrected chi connectivity index (χ0v) is 10.6. The van der Waals surface area contributed by atoms with Crippen molar-refractivity contribution in [3.63, 3.8) is 0 Å². The highest BCUT2D eigenvalue weighted by atomic mass is 35.5. The van der Waals surface area contributed by atoms with E-state index in [0.29, 0.717) is 16.3 Å². The van der Waals surface area contributed by atoms with Crippen LogP contribution < -0.4 is 10.1 Å². The summed E-state index contributed by atoms with van der Waals surface area (Å²) in [6.07, 6.45) is 0. The molecule has 0 bridgehead atoms. The molecular weight excluding hydrogens is 240 g/mol. The molecule has 1 N–H and O–H groups in total. The van der Waals surface area contributed by atoms with Crippen LogP contribution in [0.4, 0.5) is 0 Å². The van der Waals surface area contributed by atoms with Gasteiger partial charge in [-0.15, -0.1) is 0 Å². The molecule has 1 heterocycles. The van der Waals surface area contributed by atoms with Gasteiger partial charge in [0.1, 0.15) is 5.75 Å². The molecule has 2 rings (SSSR count). The Bertz CT molecular complexity index is 433. The van der Waals surface area contributed by atoms with Crippen LogP contribution in [0.5, 0.6) is 5.75 Å². The maximum absolute atomic E-state index is 12.2. The zero-order valence-electron chi connectivity index (χ0n) is 9.87. The predicted octanol–water partition coefficient (Wildman–Crippen LogP) is 1.39. The monoisotopic (exact) mass is 254 g/mol. The number of methoxy groups -OCH3 is 1. The first-order chi connectivity index (χ1) is 8.13. The van der Waals surface area contributed by atoms with Gasteiger partial charge < -0.3 is 15.0 Å². The van der Waals surface area contributed by atoms with E-state index in [2.05, 4.69) is 5.32 Å². The summed E-state index contributed by atoms with van der Waals surface area (Å²) in [6.45, 7) is 1.69. The minimum Gasteiger partial charge on any atom is -0.496 e. The lowest BCUT2D eigenvalue weighted by atomic mass is 10.1. The quantitative estimate of drug-likeness (QED) is 0.887. The topological polar surface area (TPSA) is 41.6 Å². The van der Waals surface area contributed by atoms with Crippen LogP contribution in [0.25, 0.3) is 0 Å². The summed E-state index contributed by atoms with van der Waals surface area (Å²) in [5, 5.41) is 3.70. The molecule has 0 aliphatic carbocycles. The van der Waals surface area contributed by atoms with Gasteiger partial charge in [0, 0.05) is 25.2 Å². The Hall–Kier alpha value is -1.26. The summed E-state index contributed by atoms with van der Waals surface area (Å²) >= 11 is 5.87. The number of rotatable bonds is 3. The molecule has 1 saturated heterocycles. The molecule has 0 unspecified atom stereocenters. The Morgan fingerprint density at radius 2 is 2.24 bits per heavy atom. The predicted molar refractivity (Wildman–Crippen MR) is 66.8 cm³/mol. The largest absolute Gasteiger partial charge is 0.496 e. The van der Waals surface area contributed by atoms with Crippen molar-refractivity contribution in [2.45, 2.75) is 6.04 Å². The van der Waals surface area contributed by atoms with Crippen molar-refractivity contribution in [2.75, 3.05) is 27.2 Å². The van der Waals surface area contributed by atoms with E-state index in [-0.39, 0.29) is 11.9 Å².